The summed E-state index contributed by atoms with van der Waals surface area (Å²) in [6, 6.07) is 15.4. The summed E-state index contributed by atoms with van der Waals surface area (Å²) >= 11 is 0. The number of aromatic nitrogens is 4. The number of ether oxygens (including phenoxy) is 1. The molecule has 11 nitrogen and oxygen atoms in total. The third-order valence-corrected chi connectivity index (χ3v) is 7.58. The molecule has 0 bridgehead atoms. The maximum Gasteiger partial charge on any atom is 0.269 e. The van der Waals surface area contributed by atoms with E-state index in [0.717, 1.165) is 10.5 Å². The number of rotatable bonds is 8. The first-order valence-electron chi connectivity index (χ1n) is 14.0. The van der Waals surface area contributed by atoms with Crippen molar-refractivity contribution in [2.45, 2.75) is 32.1 Å². The molecule has 0 spiro atoms. The summed E-state index contributed by atoms with van der Waals surface area (Å²) in [5.41, 5.74) is 7.60. The number of halogens is 2. The molecule has 1 saturated heterocycles. The number of nitrogens with two attached hydrogens (primary N) is 1. The van der Waals surface area contributed by atoms with E-state index in [4.69, 9.17) is 10.5 Å². The Morgan fingerprint density at radius 3 is 2.53 bits per heavy atom. The summed E-state index contributed by atoms with van der Waals surface area (Å²) in [4.78, 5) is 47.9. The van der Waals surface area contributed by atoms with E-state index in [1.54, 1.807) is 42.5 Å². The van der Waals surface area contributed by atoms with Crippen molar-refractivity contribution in [3.8, 4) is 22.6 Å². The Morgan fingerprint density at radius 1 is 1.02 bits per heavy atom. The molecule has 0 aliphatic carbocycles. The van der Waals surface area contributed by atoms with Crippen LogP contribution in [0.1, 0.15) is 22.5 Å². The molecule has 2 atom stereocenters. The quantitative estimate of drug-likeness (QED) is 0.264. The van der Waals surface area contributed by atoms with E-state index in [-0.39, 0.29) is 24.3 Å². The van der Waals surface area contributed by atoms with Crippen LogP contribution in [0.25, 0.3) is 22.0 Å². The monoisotopic (exact) mass is 611 g/mol. The molecule has 1 fully saturated rings. The first-order valence-corrected chi connectivity index (χ1v) is 14.0. The van der Waals surface area contributed by atoms with Crippen LogP contribution in [0.15, 0.2) is 79.4 Å². The maximum absolute atomic E-state index is 15.5. The highest BCUT2D eigenvalue weighted by Gasteiger charge is 2.40. The van der Waals surface area contributed by atoms with Crippen molar-refractivity contribution in [3.63, 3.8) is 0 Å². The lowest BCUT2D eigenvalue weighted by molar-refractivity contribution is -0.137. The van der Waals surface area contributed by atoms with Gasteiger partial charge in [-0.25, -0.2) is 18.7 Å². The van der Waals surface area contributed by atoms with Crippen molar-refractivity contribution in [3.05, 3.63) is 96.5 Å². The van der Waals surface area contributed by atoms with E-state index in [0.29, 0.717) is 33.5 Å². The Labute approximate surface area is 255 Å². The van der Waals surface area contributed by atoms with Crippen molar-refractivity contribution < 1.29 is 27.9 Å². The predicted octanol–water partition coefficient (Wildman–Crippen LogP) is 4.41. The van der Waals surface area contributed by atoms with Crippen molar-refractivity contribution >= 4 is 34.3 Å². The number of nitrogens with zero attached hydrogens (tertiary/aromatic N) is 5. The van der Waals surface area contributed by atoms with Gasteiger partial charge in [0.1, 0.15) is 30.8 Å². The summed E-state index contributed by atoms with van der Waals surface area (Å²) in [5.74, 6) is -2.10. The fourth-order valence-electron chi connectivity index (χ4n) is 5.45. The van der Waals surface area contributed by atoms with Gasteiger partial charge in [0.2, 0.25) is 11.8 Å². The number of carbonyl (C=O) groups is 3. The van der Waals surface area contributed by atoms with E-state index in [1.807, 2.05) is 19.1 Å². The van der Waals surface area contributed by atoms with Gasteiger partial charge < -0.3 is 20.7 Å². The van der Waals surface area contributed by atoms with E-state index >= 15 is 4.39 Å². The molecule has 3 heterocycles. The van der Waals surface area contributed by atoms with Crippen LogP contribution >= 0.6 is 0 Å². The standard InChI is InChI=1S/C32H27F2N7O4/c1-18-5-2-3-6-22(18)23-7-4-8-25(29(23)34)38-32(44)27-11-19(33)15-40(27)28(42)16-41-26-10-9-20(45-21-13-36-17-37-14-21)12-24(26)30(39-41)31(35)43/h2-10,12-14,17,19,27H,11,15-16H2,1H3,(H2,35,43)(H,38,44)/t19-,27?/m1/s1. The third kappa shape index (κ3) is 5.92. The van der Waals surface area contributed by atoms with E-state index in [2.05, 4.69) is 20.4 Å². The summed E-state index contributed by atoms with van der Waals surface area (Å²) in [5, 5.41) is 7.10. The molecule has 0 radical (unpaired) electrons. The number of aryl methyl sites for hydroxylation is 1. The molecule has 3 aromatic carbocycles. The summed E-state index contributed by atoms with van der Waals surface area (Å²) in [6.45, 7) is 1.11. The highest BCUT2D eigenvalue weighted by atomic mass is 19.1. The van der Waals surface area contributed by atoms with Gasteiger partial charge in [0.05, 0.1) is 30.1 Å². The number of benzene rings is 3. The number of hydrogen-bond donors (Lipinski definition) is 2. The first kappa shape index (κ1) is 29.4. The van der Waals surface area contributed by atoms with E-state index in [9.17, 15) is 18.8 Å². The van der Waals surface area contributed by atoms with Gasteiger partial charge in [0.15, 0.2) is 17.3 Å². The van der Waals surface area contributed by atoms with Gasteiger partial charge in [-0.2, -0.15) is 5.10 Å². The van der Waals surface area contributed by atoms with Crippen LogP contribution in [-0.4, -0.2) is 61.1 Å². The average Bonchev–Trinajstić information content (AvgIpc) is 3.59. The number of likely N-dealkylation sites (tertiary alicyclic amines) is 1. The predicted molar refractivity (Wildman–Crippen MR) is 161 cm³/mol. The van der Waals surface area contributed by atoms with Crippen molar-refractivity contribution in [2.24, 2.45) is 5.73 Å². The molecular weight excluding hydrogens is 584 g/mol. The fourth-order valence-corrected chi connectivity index (χ4v) is 5.45. The molecule has 1 aliphatic heterocycles. The molecule has 5 aromatic rings. The number of primary amides is 1. The van der Waals surface area contributed by atoms with Crippen LogP contribution < -0.4 is 15.8 Å². The molecule has 0 saturated carbocycles. The summed E-state index contributed by atoms with van der Waals surface area (Å²) in [6.07, 6.45) is 2.55. The van der Waals surface area contributed by atoms with Crippen LogP contribution in [0.4, 0.5) is 14.5 Å². The van der Waals surface area contributed by atoms with E-state index in [1.165, 1.54) is 29.5 Å². The lowest BCUT2D eigenvalue weighted by Gasteiger charge is -2.24. The lowest BCUT2D eigenvalue weighted by Crippen LogP contribution is -2.44. The molecule has 6 rings (SSSR count). The Bertz CT molecular complexity index is 1930. The minimum atomic E-state index is -1.47. The molecule has 3 amide bonds. The average molecular weight is 612 g/mol. The normalized spacial score (nSPS) is 16.1. The Hall–Kier alpha value is -5.72. The van der Waals surface area contributed by atoms with Crippen molar-refractivity contribution in [2.75, 3.05) is 11.9 Å². The molecule has 45 heavy (non-hydrogen) atoms. The number of hydrogen-bond acceptors (Lipinski definition) is 7. The fraction of sp³-hybridized carbons (Fsp3) is 0.188. The number of anilines is 1. The minimum absolute atomic E-state index is 0.0836. The number of fused-ring (bicyclic) bond motifs is 1. The van der Waals surface area contributed by atoms with Gasteiger partial charge in [0.25, 0.3) is 5.91 Å². The largest absolute Gasteiger partial charge is 0.454 e. The Balaban J connectivity index is 1.23. The summed E-state index contributed by atoms with van der Waals surface area (Å²) < 4.78 is 37.2. The number of carbonyl (C=O) groups excluding carboxylic acids is 3. The highest BCUT2D eigenvalue weighted by molar-refractivity contribution is 6.05. The zero-order chi connectivity index (χ0) is 31.7. The van der Waals surface area contributed by atoms with Crippen molar-refractivity contribution in [1.82, 2.24) is 24.6 Å². The highest BCUT2D eigenvalue weighted by Crippen LogP contribution is 2.32. The molecule has 1 aliphatic rings. The van der Waals surface area contributed by atoms with Crippen LogP contribution in [-0.2, 0) is 16.1 Å². The smallest absolute Gasteiger partial charge is 0.269 e. The van der Waals surface area contributed by atoms with Crippen LogP contribution in [0.3, 0.4) is 0 Å². The molecule has 2 aromatic heterocycles. The summed E-state index contributed by atoms with van der Waals surface area (Å²) in [7, 11) is 0. The number of amides is 3. The van der Waals surface area contributed by atoms with Gasteiger partial charge in [-0.1, -0.05) is 36.4 Å². The Kier molecular flexibility index (Phi) is 7.90. The zero-order valence-corrected chi connectivity index (χ0v) is 24.0. The third-order valence-electron chi connectivity index (χ3n) is 7.58. The van der Waals surface area contributed by atoms with Gasteiger partial charge in [-0.15, -0.1) is 0 Å². The SMILES string of the molecule is Cc1ccccc1-c1cccc(NC(=O)C2C[C@@H](F)CN2C(=O)Cn2nc(C(N)=O)c3cc(Oc4cncnc4)ccc32)c1F. The molecular formula is C32H27F2N7O4. The zero-order valence-electron chi connectivity index (χ0n) is 24.0. The van der Waals surface area contributed by atoms with Crippen LogP contribution in [0, 0.1) is 12.7 Å². The topological polar surface area (TPSA) is 145 Å². The van der Waals surface area contributed by atoms with Gasteiger partial charge in [-0.3, -0.25) is 19.1 Å². The second kappa shape index (κ2) is 12.1. The molecule has 3 N–H and O–H groups in total. The maximum atomic E-state index is 15.5. The molecule has 1 unspecified atom stereocenters. The van der Waals surface area contributed by atoms with Gasteiger partial charge in [-0.05, 0) is 42.3 Å². The van der Waals surface area contributed by atoms with Gasteiger partial charge in [0, 0.05) is 17.4 Å². The minimum Gasteiger partial charge on any atom is -0.454 e. The molecule has 13 heteroatoms. The Morgan fingerprint density at radius 2 is 1.78 bits per heavy atom. The van der Waals surface area contributed by atoms with Crippen LogP contribution in [0.5, 0.6) is 11.5 Å². The number of alkyl halides is 1. The van der Waals surface area contributed by atoms with Gasteiger partial charge >= 0.3 is 0 Å². The molecule has 228 valence electrons. The second-order valence-electron chi connectivity index (χ2n) is 10.6. The second-order valence-corrected chi connectivity index (χ2v) is 10.6. The number of nitrogens with one attached hydrogen (secondary N) is 1. The van der Waals surface area contributed by atoms with E-state index < -0.39 is 42.3 Å². The van der Waals surface area contributed by atoms with Crippen molar-refractivity contribution in [1.29, 1.82) is 0 Å². The first-order chi connectivity index (χ1) is 21.7. The van der Waals surface area contributed by atoms with Crippen LogP contribution in [0.2, 0.25) is 0 Å². The lowest BCUT2D eigenvalue weighted by atomic mass is 9.99.